The summed E-state index contributed by atoms with van der Waals surface area (Å²) in [5.41, 5.74) is 5.54. The fourth-order valence-electron chi connectivity index (χ4n) is 5.89. The number of hydrogen-bond donors (Lipinski definition) is 2. The van der Waals surface area contributed by atoms with Gasteiger partial charge in [-0.3, -0.25) is 15.0 Å². The number of amides is 2. The minimum atomic E-state index is -0.684. The standard InChI is InChI=1S/C40H50Cl4N4O3S/c1-3-4-5-6-7-8-9-10-11-12-13-19-36(49)45-30-20-21-32(42)35(27-30)46-39-38(52-23-15-14-22-51-31-18-16-17-28(2)24-31)40(50)48(47-39)37-33(43)25-29(41)26-34(37)44/h16-18,20-21,24-27,38H,3-15,19,22-23H2,1-2H3,(H,45,49)(H,46,47). The van der Waals surface area contributed by atoms with Gasteiger partial charge < -0.3 is 10.1 Å². The zero-order valence-corrected chi connectivity index (χ0v) is 34.0. The molecule has 3 aromatic rings. The summed E-state index contributed by atoms with van der Waals surface area (Å²) in [5.74, 6) is 1.56. The molecule has 2 amide bonds. The minimum Gasteiger partial charge on any atom is -0.494 e. The maximum Gasteiger partial charge on any atom is 0.266 e. The lowest BCUT2D eigenvalue weighted by Gasteiger charge is -2.19. The van der Waals surface area contributed by atoms with Gasteiger partial charge in [-0.1, -0.05) is 130 Å². The molecule has 0 spiro atoms. The van der Waals surface area contributed by atoms with Crippen molar-refractivity contribution in [1.29, 1.82) is 0 Å². The van der Waals surface area contributed by atoms with Crippen LogP contribution in [0.3, 0.4) is 0 Å². The minimum absolute atomic E-state index is 0.0518. The van der Waals surface area contributed by atoms with Gasteiger partial charge in [0.05, 0.1) is 27.4 Å². The number of nitrogens with zero attached hydrogens (tertiary/aromatic N) is 2. The van der Waals surface area contributed by atoms with Crippen LogP contribution in [0.5, 0.6) is 5.75 Å². The number of aryl methyl sites for hydroxylation is 1. The fourth-order valence-corrected chi connectivity index (χ4v) is 8.15. The summed E-state index contributed by atoms with van der Waals surface area (Å²) in [6, 6.07) is 16.2. The quantitative estimate of drug-likeness (QED) is 0.0988. The molecule has 1 unspecified atom stereocenters. The summed E-state index contributed by atoms with van der Waals surface area (Å²) in [4.78, 5) is 31.5. The topological polar surface area (TPSA) is 83.0 Å². The van der Waals surface area contributed by atoms with Gasteiger partial charge in [-0.2, -0.15) is 0 Å². The summed E-state index contributed by atoms with van der Waals surface area (Å²) in [6.45, 7) is 4.84. The van der Waals surface area contributed by atoms with Gasteiger partial charge in [0.25, 0.3) is 5.91 Å². The van der Waals surface area contributed by atoms with E-state index in [1.807, 2.05) is 31.2 Å². The Bertz CT molecular complexity index is 1630. The number of unbranched alkanes of at least 4 members (excludes halogenated alkanes) is 11. The number of benzene rings is 3. The number of hydrogen-bond acceptors (Lipinski definition) is 5. The van der Waals surface area contributed by atoms with Crippen LogP contribution in [0.25, 0.3) is 0 Å². The maximum absolute atomic E-state index is 13.9. The van der Waals surface area contributed by atoms with Crippen molar-refractivity contribution in [3.05, 3.63) is 80.3 Å². The lowest BCUT2D eigenvalue weighted by molar-refractivity contribution is -0.117. The Labute approximate surface area is 333 Å². The number of halogens is 4. The van der Waals surface area contributed by atoms with E-state index in [-0.39, 0.29) is 27.5 Å². The molecule has 1 heterocycles. The number of carbonyl (C=O) groups excluding carboxylic acids is 2. The van der Waals surface area contributed by atoms with E-state index >= 15 is 0 Å². The highest BCUT2D eigenvalue weighted by atomic mass is 35.5. The van der Waals surface area contributed by atoms with Crippen LogP contribution in [0, 0.1) is 6.92 Å². The summed E-state index contributed by atoms with van der Waals surface area (Å²) in [7, 11) is 0. The van der Waals surface area contributed by atoms with Crippen LogP contribution in [-0.2, 0) is 9.59 Å². The number of carbonyl (C=O) groups is 2. The molecule has 1 aliphatic rings. The zero-order chi connectivity index (χ0) is 37.3. The third-order valence-electron chi connectivity index (χ3n) is 8.68. The van der Waals surface area contributed by atoms with Gasteiger partial charge in [0.1, 0.15) is 22.5 Å². The number of thioether (sulfide) groups is 1. The van der Waals surface area contributed by atoms with Crippen LogP contribution in [0.4, 0.5) is 17.1 Å². The normalized spacial score (nSPS) is 15.0. The highest BCUT2D eigenvalue weighted by molar-refractivity contribution is 8.01. The maximum atomic E-state index is 13.9. The van der Waals surface area contributed by atoms with Crippen molar-refractivity contribution in [2.75, 3.05) is 22.7 Å². The largest absolute Gasteiger partial charge is 0.494 e. The lowest BCUT2D eigenvalue weighted by atomic mass is 10.1. The molecule has 0 bridgehead atoms. The van der Waals surface area contributed by atoms with E-state index in [1.54, 1.807) is 18.2 Å². The third kappa shape index (κ3) is 13.7. The fraction of sp³-hybridized carbons (Fsp3) is 0.475. The van der Waals surface area contributed by atoms with Crippen molar-refractivity contribution in [1.82, 2.24) is 5.43 Å². The molecule has 4 rings (SSSR count). The van der Waals surface area contributed by atoms with E-state index in [0.29, 0.717) is 46.0 Å². The Kier molecular flexibility index (Phi) is 18.3. The predicted molar refractivity (Wildman–Crippen MR) is 223 cm³/mol. The molecule has 0 saturated carbocycles. The molecule has 3 aromatic carbocycles. The number of ether oxygens (including phenoxy) is 1. The SMILES string of the molecule is CCCCCCCCCCCCCC(=O)Nc1ccc(Cl)c(N=C2NN(c3c(Cl)cc(Cl)cc3Cl)C(=O)C2SCCCCOc2cccc(C)c2)c1. The second-order valence-electron chi connectivity index (χ2n) is 13.1. The van der Waals surface area contributed by atoms with E-state index in [4.69, 9.17) is 56.1 Å². The lowest BCUT2D eigenvalue weighted by Crippen LogP contribution is -2.36. The average Bonchev–Trinajstić information content (AvgIpc) is 3.39. The molecule has 2 N–H and O–H groups in total. The van der Waals surface area contributed by atoms with Gasteiger partial charge in [-0.25, -0.2) is 10.0 Å². The van der Waals surface area contributed by atoms with Crippen molar-refractivity contribution in [3.8, 4) is 5.75 Å². The Morgan fingerprint density at radius 3 is 2.19 bits per heavy atom. The molecule has 282 valence electrons. The summed E-state index contributed by atoms with van der Waals surface area (Å²) >= 11 is 27.3. The van der Waals surface area contributed by atoms with E-state index < -0.39 is 5.25 Å². The first kappa shape index (κ1) is 42.1. The van der Waals surface area contributed by atoms with E-state index in [9.17, 15) is 9.59 Å². The van der Waals surface area contributed by atoms with Gasteiger partial charge in [-0.15, -0.1) is 11.8 Å². The van der Waals surface area contributed by atoms with Gasteiger partial charge in [-0.05, 0) is 80.0 Å². The summed E-state index contributed by atoms with van der Waals surface area (Å²) < 4.78 is 5.90. The van der Waals surface area contributed by atoms with Crippen LogP contribution in [-0.4, -0.2) is 35.3 Å². The molecular weight excluding hydrogens is 758 g/mol. The Balaban J connectivity index is 1.35. The molecule has 7 nitrogen and oxygen atoms in total. The molecule has 0 aliphatic carbocycles. The Morgan fingerprint density at radius 2 is 1.52 bits per heavy atom. The molecule has 1 atom stereocenters. The van der Waals surface area contributed by atoms with Crippen molar-refractivity contribution < 1.29 is 14.3 Å². The first-order valence-corrected chi connectivity index (χ1v) is 21.0. The smallest absolute Gasteiger partial charge is 0.266 e. The summed E-state index contributed by atoms with van der Waals surface area (Å²) in [6.07, 6.45) is 15.6. The molecule has 1 fully saturated rings. The number of hydrazine groups is 1. The number of rotatable bonds is 22. The molecule has 12 heteroatoms. The highest BCUT2D eigenvalue weighted by Gasteiger charge is 2.40. The van der Waals surface area contributed by atoms with Crippen LogP contribution in [0.1, 0.15) is 102 Å². The second-order valence-corrected chi connectivity index (χ2v) is 16.0. The molecule has 0 radical (unpaired) electrons. The first-order valence-electron chi connectivity index (χ1n) is 18.4. The monoisotopic (exact) mass is 806 g/mol. The summed E-state index contributed by atoms with van der Waals surface area (Å²) in [5, 5.41) is 4.78. The van der Waals surface area contributed by atoms with Gasteiger partial charge >= 0.3 is 0 Å². The van der Waals surface area contributed by atoms with Crippen molar-refractivity contribution in [3.63, 3.8) is 0 Å². The molecule has 1 aliphatic heterocycles. The van der Waals surface area contributed by atoms with Crippen molar-refractivity contribution in [2.45, 2.75) is 109 Å². The van der Waals surface area contributed by atoms with E-state index in [2.05, 4.69) is 17.7 Å². The number of nitrogens with one attached hydrogen (secondary N) is 2. The molecular formula is C40H50Cl4N4O3S. The molecule has 1 saturated heterocycles. The van der Waals surface area contributed by atoms with Crippen LogP contribution < -0.4 is 20.5 Å². The third-order valence-corrected chi connectivity index (χ3v) is 11.1. The molecule has 0 aromatic heterocycles. The van der Waals surface area contributed by atoms with Crippen LogP contribution in [0.2, 0.25) is 20.1 Å². The van der Waals surface area contributed by atoms with Gasteiger partial charge in [0.2, 0.25) is 5.91 Å². The Morgan fingerprint density at radius 1 is 0.846 bits per heavy atom. The first-order chi connectivity index (χ1) is 25.2. The average molecular weight is 809 g/mol. The van der Waals surface area contributed by atoms with E-state index in [0.717, 1.165) is 43.4 Å². The number of aliphatic imine (C=N–C) groups is 1. The Hall–Kier alpha value is -2.62. The number of anilines is 2. The van der Waals surface area contributed by atoms with Gasteiger partial charge in [0, 0.05) is 17.1 Å². The second kappa shape index (κ2) is 22.6. The predicted octanol–water partition coefficient (Wildman–Crippen LogP) is 12.8. The van der Waals surface area contributed by atoms with Gasteiger partial charge in [0.15, 0.2) is 0 Å². The van der Waals surface area contributed by atoms with Crippen molar-refractivity contribution in [2.24, 2.45) is 4.99 Å². The van der Waals surface area contributed by atoms with E-state index in [1.165, 1.54) is 80.3 Å². The number of amidine groups is 1. The van der Waals surface area contributed by atoms with Crippen LogP contribution in [0.15, 0.2) is 59.6 Å². The van der Waals surface area contributed by atoms with Crippen LogP contribution >= 0.6 is 58.2 Å². The zero-order valence-electron chi connectivity index (χ0n) is 30.1. The van der Waals surface area contributed by atoms with Crippen molar-refractivity contribution >= 4 is 92.9 Å². The highest BCUT2D eigenvalue weighted by Crippen LogP contribution is 2.39. The molecule has 52 heavy (non-hydrogen) atoms.